The van der Waals surface area contributed by atoms with Crippen LogP contribution in [0.1, 0.15) is 0 Å². The minimum absolute atomic E-state index is 0.306. The van der Waals surface area contributed by atoms with Crippen LogP contribution in [0.3, 0.4) is 0 Å². The molecule has 8 nitrogen and oxygen atoms in total. The van der Waals surface area contributed by atoms with Crippen molar-refractivity contribution in [2.45, 2.75) is 0 Å². The number of imidazole rings is 1. The standard InChI is InChI=1S/C22H15FN8/c1-31-11-13(7-26-31)17-6-15-18(10-25-17)29-30-21(15)22-27-19-9-24-8-16(20(19)28-22)12-3-2-4-14(23)5-12/h2-11H,1H3,(H,27,28)(H,29,30). The van der Waals surface area contributed by atoms with Crippen molar-refractivity contribution >= 4 is 21.9 Å². The van der Waals surface area contributed by atoms with Crippen molar-refractivity contribution in [2.75, 3.05) is 0 Å². The third-order valence-corrected chi connectivity index (χ3v) is 5.20. The van der Waals surface area contributed by atoms with E-state index < -0.39 is 0 Å². The number of nitrogens with zero attached hydrogens (tertiary/aromatic N) is 6. The van der Waals surface area contributed by atoms with E-state index in [9.17, 15) is 4.39 Å². The second-order valence-electron chi connectivity index (χ2n) is 7.27. The van der Waals surface area contributed by atoms with Gasteiger partial charge in [-0.15, -0.1) is 0 Å². The van der Waals surface area contributed by atoms with Crippen LogP contribution in [0.25, 0.3) is 55.8 Å². The fourth-order valence-electron chi connectivity index (χ4n) is 3.72. The monoisotopic (exact) mass is 410 g/mol. The molecule has 5 heterocycles. The van der Waals surface area contributed by atoms with Gasteiger partial charge in [0.1, 0.15) is 11.5 Å². The Hall–Kier alpha value is -4.40. The maximum atomic E-state index is 13.8. The minimum atomic E-state index is -0.306. The second kappa shape index (κ2) is 6.56. The molecule has 0 bridgehead atoms. The van der Waals surface area contributed by atoms with Crippen molar-refractivity contribution in [3.8, 4) is 33.9 Å². The zero-order valence-electron chi connectivity index (χ0n) is 16.3. The van der Waals surface area contributed by atoms with Gasteiger partial charge in [-0.25, -0.2) is 9.37 Å². The second-order valence-corrected chi connectivity index (χ2v) is 7.27. The summed E-state index contributed by atoms with van der Waals surface area (Å²) in [5, 5.41) is 12.6. The van der Waals surface area contributed by atoms with Crippen molar-refractivity contribution in [1.82, 2.24) is 39.9 Å². The molecular formula is C22H15FN8. The molecule has 9 heteroatoms. The lowest BCUT2D eigenvalue weighted by Gasteiger charge is -2.01. The Labute approximate surface area is 174 Å². The maximum absolute atomic E-state index is 13.8. The molecule has 0 saturated heterocycles. The number of pyridine rings is 2. The van der Waals surface area contributed by atoms with Crippen molar-refractivity contribution in [2.24, 2.45) is 7.05 Å². The van der Waals surface area contributed by atoms with E-state index in [0.717, 1.165) is 33.2 Å². The van der Waals surface area contributed by atoms with Crippen molar-refractivity contribution < 1.29 is 4.39 Å². The molecule has 0 spiro atoms. The van der Waals surface area contributed by atoms with E-state index in [1.54, 1.807) is 35.5 Å². The van der Waals surface area contributed by atoms with E-state index in [1.807, 2.05) is 25.4 Å². The number of hydrogen-bond acceptors (Lipinski definition) is 5. The van der Waals surface area contributed by atoms with E-state index in [0.29, 0.717) is 22.6 Å². The van der Waals surface area contributed by atoms with E-state index in [1.165, 1.54) is 12.1 Å². The topological polar surface area (TPSA) is 101 Å². The van der Waals surface area contributed by atoms with Crippen molar-refractivity contribution in [1.29, 1.82) is 0 Å². The first-order chi connectivity index (χ1) is 15.2. The molecule has 150 valence electrons. The number of aryl methyl sites for hydroxylation is 1. The van der Waals surface area contributed by atoms with E-state index in [-0.39, 0.29) is 5.82 Å². The first kappa shape index (κ1) is 17.5. The van der Waals surface area contributed by atoms with Crippen LogP contribution >= 0.6 is 0 Å². The Morgan fingerprint density at radius 1 is 1.00 bits per heavy atom. The summed E-state index contributed by atoms with van der Waals surface area (Å²) in [6.45, 7) is 0. The number of hydrogen-bond donors (Lipinski definition) is 2. The van der Waals surface area contributed by atoms with E-state index in [2.05, 4.69) is 30.2 Å². The smallest absolute Gasteiger partial charge is 0.159 e. The SMILES string of the molecule is Cn1cc(-c2cc3c(-c4nc5c(-c6cccc(F)c6)cncc5[nH]4)n[nH]c3cn2)cn1. The van der Waals surface area contributed by atoms with Crippen LogP contribution in [0.5, 0.6) is 0 Å². The predicted molar refractivity (Wildman–Crippen MR) is 114 cm³/mol. The summed E-state index contributed by atoms with van der Waals surface area (Å²) in [4.78, 5) is 16.9. The molecule has 31 heavy (non-hydrogen) atoms. The highest BCUT2D eigenvalue weighted by molar-refractivity contribution is 5.97. The summed E-state index contributed by atoms with van der Waals surface area (Å²) in [6, 6.07) is 8.36. The minimum Gasteiger partial charge on any atom is -0.335 e. The third kappa shape index (κ3) is 2.86. The lowest BCUT2D eigenvalue weighted by molar-refractivity contribution is 0.628. The van der Waals surface area contributed by atoms with Crippen LogP contribution in [-0.2, 0) is 7.05 Å². The zero-order valence-corrected chi connectivity index (χ0v) is 16.3. The Balaban J connectivity index is 1.51. The lowest BCUT2D eigenvalue weighted by Crippen LogP contribution is -1.85. The van der Waals surface area contributed by atoms with Gasteiger partial charge in [0.05, 0.1) is 40.8 Å². The van der Waals surface area contributed by atoms with Gasteiger partial charge in [0, 0.05) is 36.0 Å². The zero-order chi connectivity index (χ0) is 20.9. The van der Waals surface area contributed by atoms with Gasteiger partial charge < -0.3 is 4.98 Å². The van der Waals surface area contributed by atoms with Crippen molar-refractivity contribution in [3.05, 3.63) is 67.1 Å². The molecule has 5 aromatic heterocycles. The molecule has 0 amide bonds. The van der Waals surface area contributed by atoms with Gasteiger partial charge >= 0.3 is 0 Å². The van der Waals surface area contributed by atoms with E-state index >= 15 is 0 Å². The van der Waals surface area contributed by atoms with Gasteiger partial charge in [0.15, 0.2) is 5.82 Å². The molecule has 0 aliphatic heterocycles. The first-order valence-electron chi connectivity index (χ1n) is 9.59. The molecular weight excluding hydrogens is 395 g/mol. The molecule has 6 rings (SSSR count). The van der Waals surface area contributed by atoms with E-state index in [4.69, 9.17) is 4.98 Å². The fourth-order valence-corrected chi connectivity index (χ4v) is 3.72. The summed E-state index contributed by atoms with van der Waals surface area (Å²) < 4.78 is 15.5. The average molecular weight is 410 g/mol. The van der Waals surface area contributed by atoms with Gasteiger partial charge in [0.2, 0.25) is 0 Å². The summed E-state index contributed by atoms with van der Waals surface area (Å²) in [6.07, 6.45) is 8.82. The summed E-state index contributed by atoms with van der Waals surface area (Å²) in [5.74, 6) is 0.286. The van der Waals surface area contributed by atoms with Crippen LogP contribution in [0, 0.1) is 5.82 Å². The maximum Gasteiger partial charge on any atom is 0.159 e. The van der Waals surface area contributed by atoms with Crippen LogP contribution in [0.15, 0.2) is 61.3 Å². The van der Waals surface area contributed by atoms with Crippen LogP contribution < -0.4 is 0 Å². The molecule has 0 aliphatic rings. The summed E-state index contributed by atoms with van der Waals surface area (Å²) in [5.41, 5.74) is 6.08. The predicted octanol–water partition coefficient (Wildman–Crippen LogP) is 4.10. The van der Waals surface area contributed by atoms with Gasteiger partial charge in [-0.05, 0) is 23.8 Å². The molecule has 0 atom stereocenters. The number of H-pyrrole nitrogens is 2. The van der Waals surface area contributed by atoms with Crippen LogP contribution in [0.4, 0.5) is 4.39 Å². The fraction of sp³-hybridized carbons (Fsp3) is 0.0455. The summed E-state index contributed by atoms with van der Waals surface area (Å²) in [7, 11) is 1.87. The number of halogens is 1. The molecule has 0 unspecified atom stereocenters. The third-order valence-electron chi connectivity index (χ3n) is 5.20. The van der Waals surface area contributed by atoms with Crippen LogP contribution in [0.2, 0.25) is 0 Å². The Bertz CT molecular complexity index is 1580. The molecule has 2 N–H and O–H groups in total. The van der Waals surface area contributed by atoms with Crippen molar-refractivity contribution in [3.63, 3.8) is 0 Å². The average Bonchev–Trinajstić information content (AvgIpc) is 3.50. The highest BCUT2D eigenvalue weighted by Gasteiger charge is 2.17. The molecule has 0 aliphatic carbocycles. The molecule has 0 fully saturated rings. The highest BCUT2D eigenvalue weighted by atomic mass is 19.1. The number of aromatic amines is 2. The number of aromatic nitrogens is 8. The number of nitrogens with one attached hydrogen (secondary N) is 2. The normalized spacial score (nSPS) is 11.5. The van der Waals surface area contributed by atoms with Gasteiger partial charge in [-0.1, -0.05) is 12.1 Å². The van der Waals surface area contributed by atoms with Crippen LogP contribution in [-0.4, -0.2) is 39.9 Å². The Kier molecular flexibility index (Phi) is 3.69. The molecule has 0 radical (unpaired) electrons. The largest absolute Gasteiger partial charge is 0.335 e. The Morgan fingerprint density at radius 3 is 2.77 bits per heavy atom. The highest BCUT2D eigenvalue weighted by Crippen LogP contribution is 2.32. The number of benzene rings is 1. The number of fused-ring (bicyclic) bond motifs is 2. The van der Waals surface area contributed by atoms with Gasteiger partial charge in [-0.2, -0.15) is 10.2 Å². The van der Waals surface area contributed by atoms with Gasteiger partial charge in [0.25, 0.3) is 0 Å². The van der Waals surface area contributed by atoms with Gasteiger partial charge in [-0.3, -0.25) is 19.7 Å². The quantitative estimate of drug-likeness (QED) is 0.457. The molecule has 1 aromatic carbocycles. The molecule has 0 saturated carbocycles. The molecule has 6 aromatic rings. The number of rotatable bonds is 3. The Morgan fingerprint density at radius 2 is 1.94 bits per heavy atom. The summed E-state index contributed by atoms with van der Waals surface area (Å²) >= 11 is 0. The lowest BCUT2D eigenvalue weighted by atomic mass is 10.1. The first-order valence-corrected chi connectivity index (χ1v) is 9.59.